The van der Waals surface area contributed by atoms with Gasteiger partial charge in [-0.15, -0.1) is 0 Å². The Bertz CT molecular complexity index is 664. The topological polar surface area (TPSA) is 58.6 Å². The summed E-state index contributed by atoms with van der Waals surface area (Å²) in [5, 5.41) is 3.39. The summed E-state index contributed by atoms with van der Waals surface area (Å²) in [5.41, 5.74) is 1.92. The molecule has 0 saturated carbocycles. The van der Waals surface area contributed by atoms with Crippen LogP contribution in [0.5, 0.6) is 0 Å². The van der Waals surface area contributed by atoms with Crippen molar-refractivity contribution in [1.82, 2.24) is 5.32 Å². The molecule has 3 atom stereocenters. The van der Waals surface area contributed by atoms with Crippen LogP contribution in [-0.2, 0) is 41.3 Å². The number of benzene rings is 1. The summed E-state index contributed by atoms with van der Waals surface area (Å²) in [7, 11) is -0.922. The van der Waals surface area contributed by atoms with Crippen molar-refractivity contribution in [3.63, 3.8) is 0 Å². The molecule has 22 heavy (non-hydrogen) atoms. The number of hydrogen-bond donors (Lipinski definition) is 1. The van der Waals surface area contributed by atoms with Crippen LogP contribution in [0.3, 0.4) is 0 Å². The number of anilines is 1. The SMILES string of the molecule is C[C](=[W])NC[C@H]1CN(c2ccc3c(c2)CC(C)S3=O)C(=O)O1. The van der Waals surface area contributed by atoms with Gasteiger partial charge in [0.15, 0.2) is 0 Å². The van der Waals surface area contributed by atoms with Gasteiger partial charge in [-0.05, 0) is 0 Å². The standard InChI is InChI=1S/C15H18N2O3S.W/c1-3-16-8-13-9-17(15(18)20-13)12-4-5-14-11(7-12)6-10(2)21(14)19;/h4-5,7,10,13,16H,6,8-9H2,1-2H3;/t10?,13-,21?;/m0./s1. The van der Waals surface area contributed by atoms with E-state index in [-0.39, 0.29) is 17.4 Å². The van der Waals surface area contributed by atoms with Gasteiger partial charge in [-0.1, -0.05) is 0 Å². The van der Waals surface area contributed by atoms with Crippen molar-refractivity contribution in [2.24, 2.45) is 0 Å². The van der Waals surface area contributed by atoms with E-state index in [1.165, 1.54) is 23.4 Å². The van der Waals surface area contributed by atoms with Crippen LogP contribution in [0.25, 0.3) is 0 Å². The summed E-state index contributed by atoms with van der Waals surface area (Å²) in [4.78, 5) is 14.6. The molecule has 1 N–H and O–H groups in total. The number of hydrogen-bond acceptors (Lipinski definition) is 4. The van der Waals surface area contributed by atoms with Gasteiger partial charge in [0.25, 0.3) is 0 Å². The number of cyclic esters (lactones) is 1. The molecule has 0 bridgehead atoms. The van der Waals surface area contributed by atoms with Crippen LogP contribution < -0.4 is 10.2 Å². The van der Waals surface area contributed by atoms with Gasteiger partial charge in [0.2, 0.25) is 0 Å². The van der Waals surface area contributed by atoms with Gasteiger partial charge in [-0.3, -0.25) is 0 Å². The quantitative estimate of drug-likeness (QED) is 0.693. The molecule has 2 aliphatic rings. The van der Waals surface area contributed by atoms with Gasteiger partial charge in [-0.2, -0.15) is 0 Å². The van der Waals surface area contributed by atoms with Gasteiger partial charge in [-0.25, -0.2) is 0 Å². The molecule has 0 aliphatic carbocycles. The Morgan fingerprint density at radius 3 is 3.05 bits per heavy atom. The van der Waals surface area contributed by atoms with Gasteiger partial charge in [0.05, 0.1) is 0 Å². The van der Waals surface area contributed by atoms with Crippen LogP contribution in [0.4, 0.5) is 10.5 Å². The van der Waals surface area contributed by atoms with Crippen LogP contribution in [0.1, 0.15) is 19.4 Å². The first kappa shape index (κ1) is 16.0. The van der Waals surface area contributed by atoms with Crippen molar-refractivity contribution in [2.45, 2.75) is 36.5 Å². The molecule has 118 valence electrons. The summed E-state index contributed by atoms with van der Waals surface area (Å²) in [5.74, 6) is 0. The third-order valence-electron chi connectivity index (χ3n) is 3.90. The zero-order chi connectivity index (χ0) is 15.9. The predicted octanol–water partition coefficient (Wildman–Crippen LogP) is 1.35. The molecule has 2 unspecified atom stereocenters. The number of fused-ring (bicyclic) bond motifs is 1. The Balaban J connectivity index is 1.75. The second kappa shape index (κ2) is 6.34. The fourth-order valence-corrected chi connectivity index (χ4v) is 4.45. The molecule has 0 spiro atoms. The molecule has 5 nitrogen and oxygen atoms in total. The number of carbonyl (C=O) groups excluding carboxylic acids is 1. The Labute approximate surface area is 143 Å². The Hall–Kier alpha value is -0.842. The van der Waals surface area contributed by atoms with E-state index in [0.29, 0.717) is 13.1 Å². The first-order chi connectivity index (χ1) is 10.5. The van der Waals surface area contributed by atoms with E-state index in [0.717, 1.165) is 22.6 Å². The summed E-state index contributed by atoms with van der Waals surface area (Å²) < 4.78 is 18.7. The van der Waals surface area contributed by atoms with Gasteiger partial charge >= 0.3 is 143 Å². The average Bonchev–Trinajstić information content (AvgIpc) is 2.97. The first-order valence-corrected chi connectivity index (χ1v) is 9.89. The van der Waals surface area contributed by atoms with E-state index in [1.807, 2.05) is 32.0 Å². The summed E-state index contributed by atoms with van der Waals surface area (Å²) in [6.07, 6.45) is 0.360. The fourth-order valence-electron chi connectivity index (χ4n) is 2.79. The number of ether oxygens (including phenoxy) is 1. The predicted molar refractivity (Wildman–Crippen MR) is 82.3 cm³/mol. The maximum atomic E-state index is 12.1. The molecule has 1 amide bonds. The summed E-state index contributed by atoms with van der Waals surface area (Å²) >= 11 is 1.39. The molecule has 0 radical (unpaired) electrons. The van der Waals surface area contributed by atoms with E-state index >= 15 is 0 Å². The molecule has 1 aromatic rings. The van der Waals surface area contributed by atoms with Gasteiger partial charge < -0.3 is 0 Å². The zero-order valence-corrected chi connectivity index (χ0v) is 16.2. The van der Waals surface area contributed by atoms with Crippen LogP contribution in [0.2, 0.25) is 0 Å². The molecule has 2 heterocycles. The number of nitrogens with one attached hydrogen (secondary N) is 1. The van der Waals surface area contributed by atoms with Crippen molar-refractivity contribution < 1.29 is 33.1 Å². The van der Waals surface area contributed by atoms with Crippen LogP contribution in [0, 0.1) is 0 Å². The van der Waals surface area contributed by atoms with E-state index in [1.54, 1.807) is 4.90 Å². The normalized spacial score (nSPS) is 26.9. The molecule has 0 aromatic heterocycles. The van der Waals surface area contributed by atoms with Crippen LogP contribution in [-0.4, -0.2) is 38.8 Å². The molecule has 3 rings (SSSR count). The third-order valence-corrected chi connectivity index (χ3v) is 6.15. The van der Waals surface area contributed by atoms with Gasteiger partial charge in [0.1, 0.15) is 0 Å². The maximum absolute atomic E-state index is 12.1. The van der Waals surface area contributed by atoms with Crippen molar-refractivity contribution in [3.05, 3.63) is 23.8 Å². The minimum atomic E-state index is -0.922. The van der Waals surface area contributed by atoms with Gasteiger partial charge in [0, 0.05) is 0 Å². The van der Waals surface area contributed by atoms with E-state index in [9.17, 15) is 9.00 Å². The average molecular weight is 490 g/mol. The van der Waals surface area contributed by atoms with Crippen molar-refractivity contribution in [3.8, 4) is 0 Å². The minimum absolute atomic E-state index is 0.136. The van der Waals surface area contributed by atoms with Crippen LogP contribution in [0.15, 0.2) is 23.1 Å². The molecular formula is C15H18N2O3SW. The zero-order valence-electron chi connectivity index (χ0n) is 12.5. The summed E-state index contributed by atoms with van der Waals surface area (Å²) in [6, 6.07) is 5.73. The monoisotopic (exact) mass is 490 g/mol. The Morgan fingerprint density at radius 2 is 2.32 bits per heavy atom. The van der Waals surface area contributed by atoms with E-state index in [4.69, 9.17) is 4.74 Å². The Kier molecular flexibility index (Phi) is 4.62. The van der Waals surface area contributed by atoms with Crippen molar-refractivity contribution in [1.29, 1.82) is 0 Å². The molecule has 1 saturated heterocycles. The second-order valence-electron chi connectivity index (χ2n) is 5.66. The summed E-state index contributed by atoms with van der Waals surface area (Å²) in [6.45, 7) is 5.20. The third kappa shape index (κ3) is 3.10. The molecule has 1 aromatic carbocycles. The number of rotatable bonds is 4. The van der Waals surface area contributed by atoms with Crippen molar-refractivity contribution >= 4 is 26.6 Å². The Morgan fingerprint density at radius 1 is 1.55 bits per heavy atom. The molecule has 7 heteroatoms. The van der Waals surface area contributed by atoms with E-state index in [2.05, 4.69) is 5.32 Å². The molecule has 1 fully saturated rings. The number of amides is 1. The number of nitrogens with zero attached hydrogens (tertiary/aromatic N) is 1. The molecular weight excluding hydrogens is 472 g/mol. The van der Waals surface area contributed by atoms with Crippen LogP contribution >= 0.6 is 0 Å². The fraction of sp³-hybridized carbons (Fsp3) is 0.467. The number of carbonyl (C=O) groups is 1. The van der Waals surface area contributed by atoms with Crippen molar-refractivity contribution in [2.75, 3.05) is 18.0 Å². The second-order valence-corrected chi connectivity index (χ2v) is 9.70. The first-order valence-electron chi connectivity index (χ1n) is 7.22. The molecule has 2 aliphatic heterocycles. The van der Waals surface area contributed by atoms with E-state index < -0.39 is 10.8 Å².